The molecule has 1 aromatic carbocycles. The van der Waals surface area contributed by atoms with E-state index in [1.54, 1.807) is 25.1 Å². The van der Waals surface area contributed by atoms with Gasteiger partial charge in [0.05, 0.1) is 23.9 Å². The first-order valence-electron chi connectivity index (χ1n) is 4.45. The molecule has 1 rings (SSSR count). The Labute approximate surface area is 93.4 Å². The van der Waals surface area contributed by atoms with Crippen LogP contribution in [0, 0.1) is 0 Å². The molecule has 0 aliphatic rings. The highest BCUT2D eigenvalue weighted by molar-refractivity contribution is 6.32. The molecule has 0 aromatic heterocycles. The third-order valence-electron chi connectivity index (χ3n) is 1.84. The summed E-state index contributed by atoms with van der Waals surface area (Å²) in [5, 5.41) is 3.07. The summed E-state index contributed by atoms with van der Waals surface area (Å²) in [6.07, 6.45) is 0. The second-order valence-electron chi connectivity index (χ2n) is 3.10. The van der Waals surface area contributed by atoms with E-state index in [0.29, 0.717) is 16.5 Å². The SMILES string of the molecule is COc1c(Cl)cccc1NC(=O)[C@H](C)N. The number of amides is 1. The van der Waals surface area contributed by atoms with Crippen LogP contribution in [0.4, 0.5) is 5.69 Å². The van der Waals surface area contributed by atoms with Crippen LogP contribution in [0.25, 0.3) is 0 Å². The Bertz CT molecular complexity index is 366. The van der Waals surface area contributed by atoms with E-state index < -0.39 is 6.04 Å². The number of para-hydroxylation sites is 1. The van der Waals surface area contributed by atoms with Gasteiger partial charge in [0.15, 0.2) is 5.75 Å². The van der Waals surface area contributed by atoms with Crippen LogP contribution in [0.1, 0.15) is 6.92 Å². The summed E-state index contributed by atoms with van der Waals surface area (Å²) in [4.78, 5) is 11.4. The highest BCUT2D eigenvalue weighted by Crippen LogP contribution is 2.32. The quantitative estimate of drug-likeness (QED) is 0.827. The van der Waals surface area contributed by atoms with Gasteiger partial charge in [-0.2, -0.15) is 0 Å². The van der Waals surface area contributed by atoms with Gasteiger partial charge in [-0.1, -0.05) is 17.7 Å². The fourth-order valence-corrected chi connectivity index (χ4v) is 1.31. The van der Waals surface area contributed by atoms with Crippen LogP contribution in [-0.2, 0) is 4.79 Å². The minimum atomic E-state index is -0.575. The zero-order valence-electron chi connectivity index (χ0n) is 8.58. The normalized spacial score (nSPS) is 12.0. The molecule has 15 heavy (non-hydrogen) atoms. The van der Waals surface area contributed by atoms with Crippen molar-refractivity contribution >= 4 is 23.2 Å². The monoisotopic (exact) mass is 228 g/mol. The number of methoxy groups -OCH3 is 1. The molecule has 5 heteroatoms. The Balaban J connectivity index is 2.94. The number of anilines is 1. The minimum Gasteiger partial charge on any atom is -0.493 e. The molecule has 3 N–H and O–H groups in total. The molecule has 0 heterocycles. The van der Waals surface area contributed by atoms with Crippen molar-refractivity contribution in [3.63, 3.8) is 0 Å². The van der Waals surface area contributed by atoms with E-state index in [1.807, 2.05) is 0 Å². The van der Waals surface area contributed by atoms with Crippen LogP contribution in [0.3, 0.4) is 0 Å². The van der Waals surface area contributed by atoms with E-state index in [9.17, 15) is 4.79 Å². The highest BCUT2D eigenvalue weighted by atomic mass is 35.5. The van der Waals surface area contributed by atoms with E-state index >= 15 is 0 Å². The lowest BCUT2D eigenvalue weighted by atomic mass is 10.2. The Kier molecular flexibility index (Phi) is 3.94. The number of carbonyl (C=O) groups is 1. The average Bonchev–Trinajstić information content (AvgIpc) is 2.18. The second kappa shape index (κ2) is 5.00. The maximum absolute atomic E-state index is 11.4. The maximum atomic E-state index is 11.4. The molecule has 1 aromatic rings. The second-order valence-corrected chi connectivity index (χ2v) is 3.51. The van der Waals surface area contributed by atoms with Crippen molar-refractivity contribution in [3.05, 3.63) is 23.2 Å². The van der Waals surface area contributed by atoms with Crippen molar-refractivity contribution in [2.45, 2.75) is 13.0 Å². The first-order valence-corrected chi connectivity index (χ1v) is 4.83. The molecule has 0 unspecified atom stereocenters. The summed E-state index contributed by atoms with van der Waals surface area (Å²) in [6, 6.07) is 4.53. The molecule has 0 saturated heterocycles. The molecular formula is C10H13ClN2O2. The molecule has 0 aliphatic heterocycles. The number of hydrogen-bond acceptors (Lipinski definition) is 3. The van der Waals surface area contributed by atoms with Crippen molar-refractivity contribution in [1.29, 1.82) is 0 Å². The van der Waals surface area contributed by atoms with Gasteiger partial charge >= 0.3 is 0 Å². The van der Waals surface area contributed by atoms with Gasteiger partial charge in [-0.25, -0.2) is 0 Å². The molecule has 0 saturated carbocycles. The van der Waals surface area contributed by atoms with Gasteiger partial charge in [0.2, 0.25) is 5.91 Å². The van der Waals surface area contributed by atoms with Crippen LogP contribution in [0.5, 0.6) is 5.75 Å². The highest BCUT2D eigenvalue weighted by Gasteiger charge is 2.12. The van der Waals surface area contributed by atoms with Crippen LogP contribution in [-0.4, -0.2) is 19.1 Å². The molecule has 0 radical (unpaired) electrons. The number of rotatable bonds is 3. The molecule has 1 amide bonds. The predicted octanol–water partition coefficient (Wildman–Crippen LogP) is 1.63. The molecular weight excluding hydrogens is 216 g/mol. The van der Waals surface area contributed by atoms with Crippen molar-refractivity contribution < 1.29 is 9.53 Å². The maximum Gasteiger partial charge on any atom is 0.241 e. The summed E-state index contributed by atoms with van der Waals surface area (Å²) in [7, 11) is 1.49. The smallest absolute Gasteiger partial charge is 0.241 e. The van der Waals surface area contributed by atoms with Crippen LogP contribution >= 0.6 is 11.6 Å². The zero-order chi connectivity index (χ0) is 11.4. The van der Waals surface area contributed by atoms with Crippen molar-refractivity contribution in [3.8, 4) is 5.75 Å². The van der Waals surface area contributed by atoms with Crippen LogP contribution in [0.15, 0.2) is 18.2 Å². The van der Waals surface area contributed by atoms with Gasteiger partial charge in [0.25, 0.3) is 0 Å². The van der Waals surface area contributed by atoms with E-state index in [0.717, 1.165) is 0 Å². The number of ether oxygens (including phenoxy) is 1. The minimum absolute atomic E-state index is 0.282. The van der Waals surface area contributed by atoms with Gasteiger partial charge in [0.1, 0.15) is 0 Å². The lowest BCUT2D eigenvalue weighted by Crippen LogP contribution is -2.32. The predicted molar refractivity (Wildman–Crippen MR) is 60.3 cm³/mol. The summed E-state index contributed by atoms with van der Waals surface area (Å²) in [5.74, 6) is 0.156. The lowest BCUT2D eigenvalue weighted by molar-refractivity contribution is -0.117. The van der Waals surface area contributed by atoms with Gasteiger partial charge < -0.3 is 15.8 Å². The van der Waals surface area contributed by atoms with E-state index in [2.05, 4.69) is 5.32 Å². The largest absolute Gasteiger partial charge is 0.493 e. The Hall–Kier alpha value is -1.26. The van der Waals surface area contributed by atoms with Gasteiger partial charge in [-0.3, -0.25) is 4.79 Å². The Morgan fingerprint density at radius 1 is 1.60 bits per heavy atom. The Morgan fingerprint density at radius 2 is 2.27 bits per heavy atom. The third kappa shape index (κ3) is 2.84. The van der Waals surface area contributed by atoms with E-state index in [4.69, 9.17) is 22.1 Å². The zero-order valence-corrected chi connectivity index (χ0v) is 9.34. The molecule has 1 atom stereocenters. The fraction of sp³-hybridized carbons (Fsp3) is 0.300. The van der Waals surface area contributed by atoms with Gasteiger partial charge in [-0.15, -0.1) is 0 Å². The summed E-state index contributed by atoms with van der Waals surface area (Å²) >= 11 is 5.89. The number of carbonyl (C=O) groups excluding carboxylic acids is 1. The van der Waals surface area contributed by atoms with E-state index in [-0.39, 0.29) is 5.91 Å². The first-order chi connectivity index (χ1) is 7.06. The topological polar surface area (TPSA) is 64.3 Å². The molecule has 0 spiro atoms. The number of nitrogens with one attached hydrogen (secondary N) is 1. The van der Waals surface area contributed by atoms with Crippen molar-refractivity contribution in [2.75, 3.05) is 12.4 Å². The summed E-state index contributed by atoms with van der Waals surface area (Å²) < 4.78 is 5.07. The lowest BCUT2D eigenvalue weighted by Gasteiger charge is -2.12. The standard InChI is InChI=1S/C10H13ClN2O2/c1-6(12)10(14)13-8-5-3-4-7(11)9(8)15-2/h3-6H,12H2,1-2H3,(H,13,14)/t6-/m0/s1. The number of nitrogens with two attached hydrogens (primary N) is 1. The molecule has 0 bridgehead atoms. The van der Waals surface area contributed by atoms with Crippen LogP contribution < -0.4 is 15.8 Å². The van der Waals surface area contributed by atoms with Crippen LogP contribution in [0.2, 0.25) is 5.02 Å². The summed E-state index contributed by atoms with van der Waals surface area (Å²) in [5.41, 5.74) is 5.95. The molecule has 4 nitrogen and oxygen atoms in total. The number of benzene rings is 1. The fourth-order valence-electron chi connectivity index (χ4n) is 1.06. The van der Waals surface area contributed by atoms with Gasteiger partial charge in [-0.05, 0) is 19.1 Å². The van der Waals surface area contributed by atoms with Crippen molar-refractivity contribution in [1.82, 2.24) is 0 Å². The summed E-state index contributed by atoms with van der Waals surface area (Å²) in [6.45, 7) is 1.60. The molecule has 82 valence electrons. The number of halogens is 1. The van der Waals surface area contributed by atoms with E-state index in [1.165, 1.54) is 7.11 Å². The average molecular weight is 229 g/mol. The number of hydrogen-bond donors (Lipinski definition) is 2. The Morgan fingerprint density at radius 3 is 2.80 bits per heavy atom. The van der Waals surface area contributed by atoms with Crippen molar-refractivity contribution in [2.24, 2.45) is 5.73 Å². The van der Waals surface area contributed by atoms with Gasteiger partial charge in [0, 0.05) is 0 Å². The molecule has 0 fully saturated rings. The molecule has 0 aliphatic carbocycles. The first kappa shape index (κ1) is 11.8. The third-order valence-corrected chi connectivity index (χ3v) is 2.14.